The molecule has 0 aromatic heterocycles. The third-order valence-corrected chi connectivity index (χ3v) is 6.11. The first-order valence-electron chi connectivity index (χ1n) is 9.90. The van der Waals surface area contributed by atoms with Crippen LogP contribution in [0.5, 0.6) is 11.5 Å². The molecule has 1 N–H and O–H groups in total. The Balaban J connectivity index is 1.75. The molecule has 3 aromatic carbocycles. The number of para-hydroxylation sites is 1. The predicted octanol–water partition coefficient (Wildman–Crippen LogP) is 4.26. The summed E-state index contributed by atoms with van der Waals surface area (Å²) in [7, 11) is -3.69. The van der Waals surface area contributed by atoms with Crippen LogP contribution in [-0.4, -0.2) is 26.6 Å². The zero-order valence-corrected chi connectivity index (χ0v) is 18.6. The van der Waals surface area contributed by atoms with Gasteiger partial charge in [-0.3, -0.25) is 9.10 Å². The maximum absolute atomic E-state index is 12.8. The van der Waals surface area contributed by atoms with Crippen molar-refractivity contribution in [3.8, 4) is 11.5 Å². The first-order chi connectivity index (χ1) is 14.8. The average Bonchev–Trinajstić information content (AvgIpc) is 2.74. The number of amides is 1. The molecule has 0 aliphatic heterocycles. The molecule has 162 valence electrons. The van der Waals surface area contributed by atoms with Gasteiger partial charge in [-0.25, -0.2) is 8.42 Å². The van der Waals surface area contributed by atoms with E-state index in [4.69, 9.17) is 4.74 Å². The second-order valence-corrected chi connectivity index (χ2v) is 9.15. The van der Waals surface area contributed by atoms with E-state index in [-0.39, 0.29) is 5.91 Å². The van der Waals surface area contributed by atoms with Gasteiger partial charge in [0.15, 0.2) is 0 Å². The molecule has 0 aliphatic carbocycles. The lowest BCUT2D eigenvalue weighted by atomic mass is 10.1. The number of sulfonamides is 1. The molecule has 0 saturated carbocycles. The third kappa shape index (κ3) is 5.86. The zero-order chi connectivity index (χ0) is 22.4. The normalized spacial score (nSPS) is 12.1. The number of nitrogens with one attached hydrogen (secondary N) is 1. The molecule has 0 heterocycles. The van der Waals surface area contributed by atoms with Gasteiger partial charge in [0.25, 0.3) is 0 Å². The summed E-state index contributed by atoms with van der Waals surface area (Å²) in [5, 5.41) is 2.84. The van der Waals surface area contributed by atoms with Gasteiger partial charge in [-0.15, -0.1) is 0 Å². The number of carbonyl (C=O) groups is 1. The molecule has 0 aliphatic rings. The van der Waals surface area contributed by atoms with Crippen LogP contribution in [0, 0.1) is 6.92 Å². The van der Waals surface area contributed by atoms with Gasteiger partial charge in [0, 0.05) is 6.54 Å². The minimum Gasteiger partial charge on any atom is -0.457 e. The summed E-state index contributed by atoms with van der Waals surface area (Å²) in [5.41, 5.74) is 2.43. The highest BCUT2D eigenvalue weighted by molar-refractivity contribution is 7.92. The maximum Gasteiger partial charge on any atom is 0.243 e. The maximum atomic E-state index is 12.8. The first kappa shape index (κ1) is 22.4. The van der Waals surface area contributed by atoms with Crippen LogP contribution in [0.2, 0.25) is 0 Å². The van der Waals surface area contributed by atoms with E-state index in [1.807, 2.05) is 61.5 Å². The molecular weight excluding hydrogens is 412 g/mol. The lowest BCUT2D eigenvalue weighted by molar-refractivity contribution is -0.122. The van der Waals surface area contributed by atoms with Crippen LogP contribution in [0.3, 0.4) is 0 Å². The van der Waals surface area contributed by atoms with Gasteiger partial charge >= 0.3 is 0 Å². The molecule has 0 radical (unpaired) electrons. The van der Waals surface area contributed by atoms with Crippen molar-refractivity contribution in [3.05, 3.63) is 90.0 Å². The van der Waals surface area contributed by atoms with E-state index in [1.54, 1.807) is 31.2 Å². The van der Waals surface area contributed by atoms with E-state index in [9.17, 15) is 13.2 Å². The standard InChI is InChI=1S/C24H26N2O4S/c1-18-9-7-8-10-20(18)17-25-24(27)19(2)26(31(3,28)29)21-13-15-23(16-14-21)30-22-11-5-4-6-12-22/h4-16,19H,17H2,1-3H3,(H,25,27)/t19-/m0/s1. The SMILES string of the molecule is Cc1ccccc1CNC(=O)[C@H](C)N(c1ccc(Oc2ccccc2)cc1)S(C)(=O)=O. The second-order valence-electron chi connectivity index (χ2n) is 7.29. The van der Waals surface area contributed by atoms with Crippen molar-refractivity contribution < 1.29 is 17.9 Å². The van der Waals surface area contributed by atoms with Crippen molar-refractivity contribution in [1.29, 1.82) is 0 Å². The van der Waals surface area contributed by atoms with Crippen molar-refractivity contribution in [2.24, 2.45) is 0 Å². The van der Waals surface area contributed by atoms with Crippen LogP contribution in [0.15, 0.2) is 78.9 Å². The first-order valence-corrected chi connectivity index (χ1v) is 11.7. The molecule has 1 amide bonds. The van der Waals surface area contributed by atoms with Gasteiger partial charge in [-0.1, -0.05) is 42.5 Å². The summed E-state index contributed by atoms with van der Waals surface area (Å²) in [5.74, 6) is 0.873. The number of ether oxygens (including phenoxy) is 1. The van der Waals surface area contributed by atoms with Crippen molar-refractivity contribution in [1.82, 2.24) is 5.32 Å². The molecule has 6 nitrogen and oxygen atoms in total. The fourth-order valence-corrected chi connectivity index (χ4v) is 4.41. The predicted molar refractivity (Wildman–Crippen MR) is 123 cm³/mol. The smallest absolute Gasteiger partial charge is 0.243 e. The molecule has 0 saturated heterocycles. The lowest BCUT2D eigenvalue weighted by Crippen LogP contribution is -2.47. The van der Waals surface area contributed by atoms with E-state index >= 15 is 0 Å². The molecule has 3 rings (SSSR count). The van der Waals surface area contributed by atoms with Crippen molar-refractivity contribution in [2.45, 2.75) is 26.4 Å². The number of hydrogen-bond acceptors (Lipinski definition) is 4. The Labute approximate surface area is 183 Å². The van der Waals surface area contributed by atoms with E-state index in [2.05, 4.69) is 5.32 Å². The number of hydrogen-bond donors (Lipinski definition) is 1. The number of anilines is 1. The molecule has 1 atom stereocenters. The van der Waals surface area contributed by atoms with E-state index in [1.165, 1.54) is 0 Å². The highest BCUT2D eigenvalue weighted by atomic mass is 32.2. The minimum atomic E-state index is -3.69. The van der Waals surface area contributed by atoms with Crippen LogP contribution in [-0.2, 0) is 21.4 Å². The van der Waals surface area contributed by atoms with Crippen molar-refractivity contribution >= 4 is 21.6 Å². The number of nitrogens with zero attached hydrogens (tertiary/aromatic N) is 1. The highest BCUT2D eigenvalue weighted by Crippen LogP contribution is 2.27. The lowest BCUT2D eigenvalue weighted by Gasteiger charge is -2.28. The van der Waals surface area contributed by atoms with Gasteiger partial charge in [0.2, 0.25) is 15.9 Å². The van der Waals surface area contributed by atoms with E-state index in [0.717, 1.165) is 21.7 Å². The second kappa shape index (κ2) is 9.66. The monoisotopic (exact) mass is 438 g/mol. The fourth-order valence-electron chi connectivity index (χ4n) is 3.23. The van der Waals surface area contributed by atoms with E-state index < -0.39 is 16.1 Å². The quantitative estimate of drug-likeness (QED) is 0.570. The zero-order valence-electron chi connectivity index (χ0n) is 17.8. The Morgan fingerprint density at radius 1 is 0.935 bits per heavy atom. The van der Waals surface area contributed by atoms with Crippen LogP contribution in [0.4, 0.5) is 5.69 Å². The summed E-state index contributed by atoms with van der Waals surface area (Å²) in [4.78, 5) is 12.8. The van der Waals surface area contributed by atoms with E-state index in [0.29, 0.717) is 23.7 Å². The molecule has 3 aromatic rings. The van der Waals surface area contributed by atoms with Crippen LogP contribution in [0.1, 0.15) is 18.1 Å². The van der Waals surface area contributed by atoms with Gasteiger partial charge in [-0.05, 0) is 61.4 Å². The fraction of sp³-hybridized carbons (Fsp3) is 0.208. The number of benzene rings is 3. The Kier molecular flexibility index (Phi) is 6.97. The summed E-state index contributed by atoms with van der Waals surface area (Å²) in [6.07, 6.45) is 1.09. The van der Waals surface area contributed by atoms with Crippen molar-refractivity contribution in [2.75, 3.05) is 10.6 Å². The van der Waals surface area contributed by atoms with Gasteiger partial charge in [-0.2, -0.15) is 0 Å². The summed E-state index contributed by atoms with van der Waals surface area (Å²) in [6.45, 7) is 3.87. The Hall–Kier alpha value is -3.32. The van der Waals surface area contributed by atoms with Gasteiger partial charge in [0.05, 0.1) is 11.9 Å². The Morgan fingerprint density at radius 3 is 2.13 bits per heavy atom. The number of carbonyl (C=O) groups excluding carboxylic acids is 1. The molecule has 0 fully saturated rings. The largest absolute Gasteiger partial charge is 0.457 e. The number of aryl methyl sites for hydroxylation is 1. The number of rotatable bonds is 8. The van der Waals surface area contributed by atoms with Crippen LogP contribution >= 0.6 is 0 Å². The minimum absolute atomic E-state index is 0.331. The average molecular weight is 439 g/mol. The molecule has 0 spiro atoms. The van der Waals surface area contributed by atoms with Gasteiger partial charge in [0.1, 0.15) is 17.5 Å². The van der Waals surface area contributed by atoms with Crippen molar-refractivity contribution in [3.63, 3.8) is 0 Å². The van der Waals surface area contributed by atoms with Crippen LogP contribution in [0.25, 0.3) is 0 Å². The molecule has 0 unspecified atom stereocenters. The van der Waals surface area contributed by atoms with Gasteiger partial charge < -0.3 is 10.1 Å². The van der Waals surface area contributed by atoms with Crippen LogP contribution < -0.4 is 14.4 Å². The third-order valence-electron chi connectivity index (χ3n) is 4.87. The molecule has 31 heavy (non-hydrogen) atoms. The topological polar surface area (TPSA) is 75.7 Å². The molecule has 0 bridgehead atoms. The Bertz CT molecular complexity index is 1130. The summed E-state index contributed by atoms with van der Waals surface area (Å²) >= 11 is 0. The highest BCUT2D eigenvalue weighted by Gasteiger charge is 2.29. The summed E-state index contributed by atoms with van der Waals surface area (Å²) < 4.78 is 31.9. The summed E-state index contributed by atoms with van der Waals surface area (Å²) in [6, 6.07) is 22.7. The Morgan fingerprint density at radius 2 is 1.52 bits per heavy atom. The molecule has 7 heteroatoms. The molecular formula is C24H26N2O4S.